The number of hydrogen-bond acceptors (Lipinski definition) is 8. The van der Waals surface area contributed by atoms with Crippen LogP contribution in [0.4, 0.5) is 24.7 Å². The van der Waals surface area contributed by atoms with Crippen LogP contribution in [0.1, 0.15) is 56.0 Å². The maximum absolute atomic E-state index is 13.0. The number of aryl methyl sites for hydroxylation is 1. The van der Waals surface area contributed by atoms with Gasteiger partial charge in [0.05, 0.1) is 36.8 Å². The standard InChI is InChI=1S/C30H35F3N6O5/c1-5-38(16-30(31,32)33)27(41)21-7-6-20(14-19(21)4)36-25-24-22(9-13-35-26(24)40)39(37-25)29(11-12-34)10-8-23(44-17-29)28(42)43-15-18(2)3/h6-7,9,13-14,18,23H,5,8,10-11,15-17H2,1-4H3,(H,35,40)(H,36,37)/t23-,29-/m0/s1. The first-order valence-electron chi connectivity index (χ1n) is 14.3. The molecule has 44 heavy (non-hydrogen) atoms. The number of fused-ring (bicyclic) bond motifs is 1. The van der Waals surface area contributed by atoms with Crippen molar-refractivity contribution in [1.29, 1.82) is 5.26 Å². The Morgan fingerprint density at radius 3 is 2.68 bits per heavy atom. The minimum atomic E-state index is -4.53. The van der Waals surface area contributed by atoms with E-state index >= 15 is 0 Å². The Morgan fingerprint density at radius 2 is 2.09 bits per heavy atom. The van der Waals surface area contributed by atoms with E-state index in [1.54, 1.807) is 23.7 Å². The Labute approximate surface area is 251 Å². The monoisotopic (exact) mass is 616 g/mol. The summed E-state index contributed by atoms with van der Waals surface area (Å²) in [7, 11) is 0. The summed E-state index contributed by atoms with van der Waals surface area (Å²) in [5.74, 6) is -0.878. The van der Waals surface area contributed by atoms with Crippen molar-refractivity contribution in [2.24, 2.45) is 5.92 Å². The number of esters is 1. The average Bonchev–Trinajstić information content (AvgIpc) is 3.34. The number of rotatable bonds is 10. The number of nitriles is 1. The van der Waals surface area contributed by atoms with E-state index in [2.05, 4.69) is 16.4 Å². The molecular weight excluding hydrogens is 581 g/mol. The third kappa shape index (κ3) is 7.05. The smallest absolute Gasteiger partial charge is 0.406 e. The SMILES string of the molecule is CCN(CC(F)(F)F)C(=O)c1ccc(Nc2nn([C@]3(CC#N)CC[C@@H](C(=O)OCC(C)C)OC3)c3cc[nH]c(=O)c23)cc1C. The van der Waals surface area contributed by atoms with Gasteiger partial charge in [-0.25, -0.2) is 4.79 Å². The minimum absolute atomic E-state index is 0.00838. The summed E-state index contributed by atoms with van der Waals surface area (Å²) < 4.78 is 51.7. The summed E-state index contributed by atoms with van der Waals surface area (Å²) >= 11 is 0. The highest BCUT2D eigenvalue weighted by atomic mass is 19.4. The molecule has 2 N–H and O–H groups in total. The van der Waals surface area contributed by atoms with Crippen LogP contribution in [0.25, 0.3) is 10.9 Å². The van der Waals surface area contributed by atoms with Gasteiger partial charge in [0, 0.05) is 24.0 Å². The number of hydrogen-bond donors (Lipinski definition) is 2. The van der Waals surface area contributed by atoms with E-state index in [9.17, 15) is 32.8 Å². The van der Waals surface area contributed by atoms with Gasteiger partial charge >= 0.3 is 12.1 Å². The van der Waals surface area contributed by atoms with Gasteiger partial charge in [-0.2, -0.15) is 23.5 Å². The van der Waals surface area contributed by atoms with Crippen molar-refractivity contribution in [3.05, 3.63) is 51.9 Å². The minimum Gasteiger partial charge on any atom is -0.463 e. The molecule has 1 fully saturated rings. The molecule has 1 saturated heterocycles. The van der Waals surface area contributed by atoms with E-state index < -0.39 is 41.8 Å². The van der Waals surface area contributed by atoms with Crippen molar-refractivity contribution in [2.75, 3.05) is 31.6 Å². The van der Waals surface area contributed by atoms with Gasteiger partial charge in [-0.1, -0.05) is 13.8 Å². The topological polar surface area (TPSA) is 142 Å². The molecule has 0 unspecified atom stereocenters. The van der Waals surface area contributed by atoms with Crippen molar-refractivity contribution >= 4 is 34.3 Å². The molecule has 0 spiro atoms. The first-order chi connectivity index (χ1) is 20.8. The van der Waals surface area contributed by atoms with Crippen molar-refractivity contribution in [2.45, 2.75) is 64.8 Å². The molecule has 0 radical (unpaired) electrons. The Kier molecular flexibility index (Phi) is 9.68. The molecule has 3 heterocycles. The zero-order valence-corrected chi connectivity index (χ0v) is 25.0. The highest BCUT2D eigenvalue weighted by Crippen LogP contribution is 2.37. The van der Waals surface area contributed by atoms with E-state index in [-0.39, 0.29) is 55.3 Å². The summed E-state index contributed by atoms with van der Waals surface area (Å²) in [5.41, 5.74) is -0.00677. The lowest BCUT2D eigenvalue weighted by Gasteiger charge is -2.38. The van der Waals surface area contributed by atoms with Crippen molar-refractivity contribution in [3.8, 4) is 6.07 Å². The fraction of sp³-hybridized carbons (Fsp3) is 0.500. The molecule has 11 nitrogen and oxygen atoms in total. The number of H-pyrrole nitrogens is 1. The number of carbonyl (C=O) groups excluding carboxylic acids is 2. The molecule has 14 heteroatoms. The van der Waals surface area contributed by atoms with Crippen molar-refractivity contribution in [3.63, 3.8) is 0 Å². The number of halogens is 3. The van der Waals surface area contributed by atoms with Gasteiger partial charge in [-0.05, 0) is 62.4 Å². The van der Waals surface area contributed by atoms with Crippen molar-refractivity contribution < 1.29 is 32.2 Å². The van der Waals surface area contributed by atoms with E-state index in [1.165, 1.54) is 25.3 Å². The Morgan fingerprint density at radius 1 is 1.34 bits per heavy atom. The molecule has 4 rings (SSSR count). The van der Waals surface area contributed by atoms with Crippen LogP contribution in [0.3, 0.4) is 0 Å². The van der Waals surface area contributed by atoms with Gasteiger partial charge in [0.2, 0.25) is 0 Å². The van der Waals surface area contributed by atoms with Gasteiger partial charge in [0.15, 0.2) is 11.9 Å². The highest BCUT2D eigenvalue weighted by molar-refractivity contribution is 5.96. The van der Waals surface area contributed by atoms with Gasteiger partial charge in [-0.3, -0.25) is 14.3 Å². The molecule has 1 aromatic carbocycles. The fourth-order valence-electron chi connectivity index (χ4n) is 5.23. The number of aromatic nitrogens is 3. The molecule has 0 aliphatic carbocycles. The first kappa shape index (κ1) is 32.5. The van der Waals surface area contributed by atoms with Crippen molar-refractivity contribution in [1.82, 2.24) is 19.7 Å². The molecule has 0 bridgehead atoms. The van der Waals surface area contributed by atoms with Crippen LogP contribution in [-0.2, 0) is 19.8 Å². The van der Waals surface area contributed by atoms with E-state index in [1.807, 2.05) is 13.8 Å². The third-order valence-electron chi connectivity index (χ3n) is 7.47. The number of aromatic amines is 1. The maximum atomic E-state index is 13.0. The number of carbonyl (C=O) groups is 2. The summed E-state index contributed by atoms with van der Waals surface area (Å²) in [6.07, 6.45) is -3.22. The second kappa shape index (κ2) is 13.1. The second-order valence-corrected chi connectivity index (χ2v) is 11.3. The predicted octanol–water partition coefficient (Wildman–Crippen LogP) is 4.79. The lowest BCUT2D eigenvalue weighted by Crippen LogP contribution is -2.47. The molecule has 2 aromatic heterocycles. The Bertz CT molecular complexity index is 1620. The predicted molar refractivity (Wildman–Crippen MR) is 155 cm³/mol. The number of anilines is 2. The Balaban J connectivity index is 1.64. The van der Waals surface area contributed by atoms with Gasteiger partial charge in [0.25, 0.3) is 11.5 Å². The number of pyridine rings is 1. The quantitative estimate of drug-likeness (QED) is 0.310. The summed E-state index contributed by atoms with van der Waals surface area (Å²) in [6.45, 7) is 5.71. The van der Waals surface area contributed by atoms with Crippen LogP contribution in [0.2, 0.25) is 0 Å². The van der Waals surface area contributed by atoms with Crippen LogP contribution in [0.15, 0.2) is 35.3 Å². The molecule has 0 saturated carbocycles. The van der Waals surface area contributed by atoms with E-state index in [4.69, 9.17) is 14.6 Å². The van der Waals surface area contributed by atoms with Crippen LogP contribution in [0.5, 0.6) is 0 Å². The number of ether oxygens (including phenoxy) is 2. The number of nitrogens with zero attached hydrogens (tertiary/aromatic N) is 4. The molecule has 1 amide bonds. The highest BCUT2D eigenvalue weighted by Gasteiger charge is 2.42. The molecule has 1 aliphatic rings. The normalized spacial score (nSPS) is 18.7. The summed E-state index contributed by atoms with van der Waals surface area (Å²) in [6, 6.07) is 8.36. The van der Waals surface area contributed by atoms with E-state index in [0.717, 1.165) is 4.90 Å². The van der Waals surface area contributed by atoms with Crippen LogP contribution < -0.4 is 10.9 Å². The average molecular weight is 617 g/mol. The molecule has 3 aromatic rings. The van der Waals surface area contributed by atoms with Gasteiger partial charge in [0.1, 0.15) is 11.9 Å². The second-order valence-electron chi connectivity index (χ2n) is 11.3. The zero-order chi connectivity index (χ0) is 32.2. The molecule has 236 valence electrons. The first-order valence-corrected chi connectivity index (χ1v) is 14.3. The lowest BCUT2D eigenvalue weighted by atomic mass is 9.87. The summed E-state index contributed by atoms with van der Waals surface area (Å²) in [4.78, 5) is 41.7. The Hall–Kier alpha value is -4.38. The van der Waals surface area contributed by atoms with Crippen LogP contribution in [-0.4, -0.2) is 70.1 Å². The fourth-order valence-corrected chi connectivity index (χ4v) is 5.23. The largest absolute Gasteiger partial charge is 0.463 e. The third-order valence-corrected chi connectivity index (χ3v) is 7.47. The maximum Gasteiger partial charge on any atom is 0.406 e. The number of benzene rings is 1. The zero-order valence-electron chi connectivity index (χ0n) is 25.0. The number of amides is 1. The molecule has 2 atom stereocenters. The van der Waals surface area contributed by atoms with Crippen LogP contribution >= 0.6 is 0 Å². The number of alkyl halides is 3. The van der Waals surface area contributed by atoms with Gasteiger partial charge in [-0.15, -0.1) is 0 Å². The van der Waals surface area contributed by atoms with E-state index in [0.29, 0.717) is 23.2 Å². The van der Waals surface area contributed by atoms with Gasteiger partial charge < -0.3 is 24.7 Å². The lowest BCUT2D eigenvalue weighted by molar-refractivity contribution is -0.166. The number of nitrogens with one attached hydrogen (secondary N) is 2. The molecular formula is C30H35F3N6O5. The summed E-state index contributed by atoms with van der Waals surface area (Å²) in [5, 5.41) is 17.7. The van der Waals surface area contributed by atoms with Crippen LogP contribution in [0, 0.1) is 24.2 Å². The molecule has 1 aliphatic heterocycles.